The van der Waals surface area contributed by atoms with Crippen LogP contribution in [0.25, 0.3) is 0 Å². The molecule has 8 heteroatoms. The Morgan fingerprint density at radius 2 is 1.88 bits per heavy atom. The largest absolute Gasteiger partial charge is 0.479 e. The molecule has 2 atom stereocenters. The average molecular weight is 272 g/mol. The van der Waals surface area contributed by atoms with E-state index in [-0.39, 0.29) is 12.2 Å². The number of hydrogen-bond donors (Lipinski definition) is 0. The lowest BCUT2D eigenvalue weighted by Crippen LogP contribution is -2.33. The molecule has 17 heavy (non-hydrogen) atoms. The Bertz CT molecular complexity index is 364. The molecule has 0 heterocycles. The van der Waals surface area contributed by atoms with E-state index >= 15 is 0 Å². The van der Waals surface area contributed by atoms with Gasteiger partial charge in [0.1, 0.15) is 5.78 Å². The Morgan fingerprint density at radius 1 is 1.41 bits per heavy atom. The van der Waals surface area contributed by atoms with Gasteiger partial charge in [-0.1, -0.05) is 6.92 Å². The number of phosphoric acid groups is 1. The van der Waals surface area contributed by atoms with Crippen LogP contribution in [0.5, 0.6) is 0 Å². The first-order valence-electron chi connectivity index (χ1n) is 4.92. The zero-order valence-electron chi connectivity index (χ0n) is 10.0. The molecule has 0 amide bonds. The Kier molecular flexibility index (Phi) is 3.79. The fraction of sp³-hybridized carbons (Fsp3) is 0.889. The molecule has 0 spiro atoms. The van der Waals surface area contributed by atoms with E-state index in [1.165, 1.54) is 13.8 Å². The molecule has 1 aliphatic rings. The van der Waals surface area contributed by atoms with Crippen LogP contribution in [0.15, 0.2) is 0 Å². The molecular weight excluding hydrogens is 257 g/mol. The smallest absolute Gasteiger partial charge is 0.300 e. The van der Waals surface area contributed by atoms with Gasteiger partial charge in [0.2, 0.25) is 0 Å². The zero-order chi connectivity index (χ0) is 13.5. The number of ketones is 1. The van der Waals surface area contributed by atoms with Crippen LogP contribution in [0, 0.1) is 11.3 Å². The Morgan fingerprint density at radius 3 is 2.18 bits per heavy atom. The van der Waals surface area contributed by atoms with Crippen molar-refractivity contribution >= 4 is 13.6 Å². The molecule has 0 N–H and O–H groups in total. The molecule has 0 aliphatic heterocycles. The average Bonchev–Trinajstić information content (AvgIpc) is 2.92. The van der Waals surface area contributed by atoms with Gasteiger partial charge in [-0.15, -0.1) is 0 Å². The van der Waals surface area contributed by atoms with Gasteiger partial charge < -0.3 is 0 Å². The molecule has 0 bridgehead atoms. The van der Waals surface area contributed by atoms with E-state index in [0.717, 1.165) is 14.2 Å². The van der Waals surface area contributed by atoms with Crippen LogP contribution in [0.1, 0.15) is 20.3 Å². The predicted octanol–water partition coefficient (Wildman–Crippen LogP) is 2.61. The van der Waals surface area contributed by atoms with Crippen LogP contribution in [-0.4, -0.2) is 26.1 Å². The highest BCUT2D eigenvalue weighted by Crippen LogP contribution is 2.66. The Hall–Kier alpha value is -0.360. The molecule has 1 aliphatic carbocycles. The summed E-state index contributed by atoms with van der Waals surface area (Å²) in [6.07, 6.45) is -3.76. The normalized spacial score (nSPS) is 29.2. The minimum Gasteiger partial charge on any atom is -0.300 e. The number of alkyl halides is 2. The van der Waals surface area contributed by atoms with Crippen molar-refractivity contribution in [3.63, 3.8) is 0 Å². The lowest BCUT2D eigenvalue weighted by Gasteiger charge is -2.26. The van der Waals surface area contributed by atoms with E-state index in [2.05, 4.69) is 13.6 Å². The highest BCUT2D eigenvalue weighted by atomic mass is 31.2. The first-order chi connectivity index (χ1) is 7.62. The van der Waals surface area contributed by atoms with Gasteiger partial charge >= 0.3 is 13.9 Å². The second kappa shape index (κ2) is 4.39. The minimum atomic E-state index is -4.28. The molecule has 1 saturated carbocycles. The van der Waals surface area contributed by atoms with E-state index in [9.17, 15) is 18.1 Å². The first kappa shape index (κ1) is 14.7. The van der Waals surface area contributed by atoms with Gasteiger partial charge in [-0.2, -0.15) is 8.78 Å². The van der Waals surface area contributed by atoms with Crippen molar-refractivity contribution in [1.82, 2.24) is 0 Å². The monoisotopic (exact) mass is 272 g/mol. The van der Waals surface area contributed by atoms with E-state index in [4.69, 9.17) is 0 Å². The van der Waals surface area contributed by atoms with Gasteiger partial charge in [-0.25, -0.2) is 9.09 Å². The van der Waals surface area contributed by atoms with Gasteiger partial charge in [0.05, 0.1) is 5.41 Å². The summed E-state index contributed by atoms with van der Waals surface area (Å²) >= 11 is 0. The Labute approximate surface area is 98.0 Å². The maximum atomic E-state index is 13.8. The number of carbonyl (C=O) groups is 1. The number of carbonyl (C=O) groups excluding carboxylic acids is 1. The third kappa shape index (κ3) is 2.57. The van der Waals surface area contributed by atoms with Crippen molar-refractivity contribution in [2.45, 2.75) is 26.4 Å². The van der Waals surface area contributed by atoms with Crippen molar-refractivity contribution in [1.29, 1.82) is 0 Å². The predicted molar refractivity (Wildman–Crippen MR) is 54.6 cm³/mol. The molecule has 1 fully saturated rings. The second-order valence-corrected chi connectivity index (χ2v) is 6.01. The number of phosphoric ester groups is 1. The maximum absolute atomic E-state index is 13.8. The van der Waals surface area contributed by atoms with E-state index in [1.807, 2.05) is 0 Å². The quantitative estimate of drug-likeness (QED) is 0.695. The molecule has 0 saturated heterocycles. The van der Waals surface area contributed by atoms with Crippen LogP contribution in [0.4, 0.5) is 8.78 Å². The molecule has 0 aromatic carbocycles. The summed E-state index contributed by atoms with van der Waals surface area (Å²) in [6, 6.07) is 0. The molecule has 100 valence electrons. The number of rotatable bonds is 6. The summed E-state index contributed by atoms with van der Waals surface area (Å²) in [4.78, 5) is 11.1. The van der Waals surface area contributed by atoms with E-state index in [0.29, 0.717) is 0 Å². The molecule has 0 radical (unpaired) electrons. The summed E-state index contributed by atoms with van der Waals surface area (Å²) in [5, 5.41) is 0. The van der Waals surface area contributed by atoms with E-state index in [1.54, 1.807) is 0 Å². The lowest BCUT2D eigenvalue weighted by atomic mass is 10.0. The maximum Gasteiger partial charge on any atom is 0.479 e. The van der Waals surface area contributed by atoms with Gasteiger partial charge in [0.25, 0.3) is 0 Å². The fourth-order valence-corrected chi connectivity index (χ4v) is 2.46. The van der Waals surface area contributed by atoms with Crippen LogP contribution in [-0.2, 0) is 22.9 Å². The summed E-state index contributed by atoms with van der Waals surface area (Å²) < 4.78 is 51.8. The van der Waals surface area contributed by atoms with Gasteiger partial charge in [-0.05, 0) is 13.3 Å². The van der Waals surface area contributed by atoms with Crippen LogP contribution in [0.3, 0.4) is 0 Å². The molecule has 0 unspecified atom stereocenters. The van der Waals surface area contributed by atoms with Gasteiger partial charge in [-0.3, -0.25) is 13.8 Å². The van der Waals surface area contributed by atoms with Crippen molar-refractivity contribution in [2.75, 3.05) is 14.2 Å². The zero-order valence-corrected chi connectivity index (χ0v) is 10.9. The molecular formula is C9H15F2O5P. The van der Waals surface area contributed by atoms with Gasteiger partial charge in [0, 0.05) is 20.1 Å². The number of Topliss-reactive ketones (excluding diaryl/α,β-unsaturated/α-hetero) is 1. The van der Waals surface area contributed by atoms with Crippen LogP contribution >= 0.6 is 7.82 Å². The second-order valence-electron chi connectivity index (χ2n) is 4.21. The minimum absolute atomic E-state index is 0.0111. The molecule has 0 aromatic heterocycles. The number of halogens is 2. The van der Waals surface area contributed by atoms with Crippen LogP contribution in [0.2, 0.25) is 0 Å². The first-order valence-corrected chi connectivity index (χ1v) is 6.38. The summed E-state index contributed by atoms with van der Waals surface area (Å²) in [5.74, 6) is -1.14. The summed E-state index contributed by atoms with van der Waals surface area (Å²) in [7, 11) is -2.39. The standard InChI is InChI=1S/C9H15F2O5P/c1-6(12)7-5-8(7,2)9(10,11)16-17(13,14-3)15-4/h7H,5H2,1-4H3/t7-,8+/m0/s1. The van der Waals surface area contributed by atoms with Crippen molar-refractivity contribution < 1.29 is 31.7 Å². The van der Waals surface area contributed by atoms with Crippen molar-refractivity contribution in [2.24, 2.45) is 11.3 Å². The van der Waals surface area contributed by atoms with Crippen molar-refractivity contribution in [3.8, 4) is 0 Å². The van der Waals surface area contributed by atoms with Crippen molar-refractivity contribution in [3.05, 3.63) is 0 Å². The Balaban J connectivity index is 2.84. The third-order valence-corrected chi connectivity index (χ3v) is 4.41. The van der Waals surface area contributed by atoms with Gasteiger partial charge in [0.15, 0.2) is 0 Å². The highest BCUT2D eigenvalue weighted by Gasteiger charge is 2.70. The lowest BCUT2D eigenvalue weighted by molar-refractivity contribution is -0.236. The SMILES string of the molecule is COP(=O)(OC)OC(F)(F)[C@]1(C)C[C@H]1C(C)=O. The van der Waals surface area contributed by atoms with E-state index < -0.39 is 25.3 Å². The fourth-order valence-electron chi connectivity index (χ4n) is 1.67. The highest BCUT2D eigenvalue weighted by molar-refractivity contribution is 7.48. The molecule has 0 aromatic rings. The summed E-state index contributed by atoms with van der Waals surface area (Å²) in [6.45, 7) is 2.44. The topological polar surface area (TPSA) is 61.8 Å². The van der Waals surface area contributed by atoms with Crippen LogP contribution < -0.4 is 0 Å². The molecule has 5 nitrogen and oxygen atoms in total. The molecule has 1 rings (SSSR count). The third-order valence-electron chi connectivity index (χ3n) is 3.07. The summed E-state index contributed by atoms with van der Waals surface area (Å²) in [5.41, 5.74) is -1.65. The number of hydrogen-bond acceptors (Lipinski definition) is 5.